The Morgan fingerprint density at radius 1 is 1.28 bits per heavy atom. The monoisotopic (exact) mass is 336 g/mol. The van der Waals surface area contributed by atoms with Gasteiger partial charge in [-0.15, -0.1) is 0 Å². The van der Waals surface area contributed by atoms with Crippen molar-refractivity contribution in [3.05, 3.63) is 59.2 Å². The first-order valence-corrected chi connectivity index (χ1v) is 8.85. The lowest BCUT2D eigenvalue weighted by atomic mass is 10.1. The second kappa shape index (κ2) is 6.48. The van der Waals surface area contributed by atoms with E-state index in [2.05, 4.69) is 48.2 Å². The summed E-state index contributed by atoms with van der Waals surface area (Å²) >= 11 is 0. The molecule has 0 unspecified atom stereocenters. The number of likely N-dealkylation sites (tertiary alicyclic amines) is 1. The fraction of sp³-hybridized carbons (Fsp3) is 0.400. The number of hydrogen-bond acceptors (Lipinski definition) is 4. The molecule has 0 spiro atoms. The van der Waals surface area contributed by atoms with E-state index in [0.29, 0.717) is 11.9 Å². The van der Waals surface area contributed by atoms with Crippen molar-refractivity contribution in [1.82, 2.24) is 19.7 Å². The molecular formula is C20H24N4O. The molecule has 0 radical (unpaired) electrons. The topological polar surface area (TPSA) is 47.1 Å². The third-order valence-electron chi connectivity index (χ3n) is 5.00. The minimum absolute atomic E-state index is 0.426. The second-order valence-corrected chi connectivity index (χ2v) is 7.04. The largest absolute Gasteiger partial charge is 0.444 e. The molecule has 5 heteroatoms. The number of nitrogens with zero attached hydrogens (tertiary/aromatic N) is 4. The molecule has 0 amide bonds. The highest BCUT2D eigenvalue weighted by atomic mass is 16.3. The summed E-state index contributed by atoms with van der Waals surface area (Å²) in [4.78, 5) is 7.21. The van der Waals surface area contributed by atoms with Gasteiger partial charge in [0, 0.05) is 37.0 Å². The van der Waals surface area contributed by atoms with Crippen molar-refractivity contribution in [2.45, 2.75) is 39.3 Å². The van der Waals surface area contributed by atoms with Crippen LogP contribution in [0, 0.1) is 13.8 Å². The summed E-state index contributed by atoms with van der Waals surface area (Å²) in [5, 5.41) is 4.32. The number of rotatable bonds is 4. The zero-order chi connectivity index (χ0) is 17.4. The first-order valence-electron chi connectivity index (χ1n) is 8.85. The molecule has 1 fully saturated rings. The molecule has 1 aliphatic heterocycles. The molecule has 3 aromatic rings. The van der Waals surface area contributed by atoms with Crippen molar-refractivity contribution in [1.29, 1.82) is 0 Å². The van der Waals surface area contributed by atoms with Crippen molar-refractivity contribution < 1.29 is 4.42 Å². The van der Waals surface area contributed by atoms with Crippen LogP contribution in [-0.2, 0) is 13.6 Å². The fourth-order valence-corrected chi connectivity index (χ4v) is 3.77. The molecule has 1 aliphatic rings. The summed E-state index contributed by atoms with van der Waals surface area (Å²) in [6.45, 7) is 6.11. The molecule has 5 nitrogen and oxygen atoms in total. The minimum Gasteiger partial charge on any atom is -0.444 e. The van der Waals surface area contributed by atoms with Crippen molar-refractivity contribution in [3.63, 3.8) is 0 Å². The van der Waals surface area contributed by atoms with E-state index in [1.165, 1.54) is 29.5 Å². The quantitative estimate of drug-likeness (QED) is 0.722. The predicted octanol–water partition coefficient (Wildman–Crippen LogP) is 4.03. The lowest BCUT2D eigenvalue weighted by Crippen LogP contribution is -2.22. The Balaban J connectivity index is 1.52. The molecule has 1 saturated heterocycles. The van der Waals surface area contributed by atoms with Gasteiger partial charge >= 0.3 is 0 Å². The van der Waals surface area contributed by atoms with Crippen LogP contribution >= 0.6 is 0 Å². The molecule has 25 heavy (non-hydrogen) atoms. The van der Waals surface area contributed by atoms with Gasteiger partial charge in [-0.1, -0.05) is 17.7 Å². The molecule has 0 bridgehead atoms. The highest BCUT2D eigenvalue weighted by Gasteiger charge is 2.27. The van der Waals surface area contributed by atoms with E-state index in [4.69, 9.17) is 9.40 Å². The van der Waals surface area contributed by atoms with Crippen LogP contribution in [0.5, 0.6) is 0 Å². The fourth-order valence-electron chi connectivity index (χ4n) is 3.77. The Hall–Kier alpha value is -2.40. The summed E-state index contributed by atoms with van der Waals surface area (Å²) in [5.41, 5.74) is 5.80. The Bertz CT molecular complexity index is 879. The van der Waals surface area contributed by atoms with Crippen molar-refractivity contribution >= 4 is 0 Å². The first kappa shape index (κ1) is 16.1. The molecule has 1 atom stereocenters. The van der Waals surface area contributed by atoms with Crippen LogP contribution in [0.2, 0.25) is 0 Å². The standard InChI is InChI=1S/C20H24N4O/c1-14-6-7-18(15(2)9-14)20-22-17(13-25-20)12-24-8-4-5-19(24)16-10-21-23(3)11-16/h6-7,9-11,13,19H,4-5,8,12H2,1-3H3/t19-/m0/s1. The molecule has 4 rings (SSSR count). The zero-order valence-electron chi connectivity index (χ0n) is 15.1. The van der Waals surface area contributed by atoms with Gasteiger partial charge in [0.2, 0.25) is 5.89 Å². The van der Waals surface area contributed by atoms with Crippen LogP contribution in [0.3, 0.4) is 0 Å². The Morgan fingerprint density at radius 3 is 2.92 bits per heavy atom. The van der Waals surface area contributed by atoms with Crippen LogP contribution in [0.15, 0.2) is 41.3 Å². The number of hydrogen-bond donors (Lipinski definition) is 0. The Morgan fingerprint density at radius 2 is 2.16 bits per heavy atom. The van der Waals surface area contributed by atoms with Gasteiger partial charge in [-0.05, 0) is 44.9 Å². The third kappa shape index (κ3) is 3.24. The summed E-state index contributed by atoms with van der Waals surface area (Å²) in [7, 11) is 1.97. The van der Waals surface area contributed by atoms with E-state index in [0.717, 1.165) is 24.3 Å². The summed E-state index contributed by atoms with van der Waals surface area (Å²) < 4.78 is 7.65. The lowest BCUT2D eigenvalue weighted by molar-refractivity contribution is 0.245. The molecule has 0 saturated carbocycles. The van der Waals surface area contributed by atoms with Gasteiger partial charge in [0.25, 0.3) is 0 Å². The molecule has 130 valence electrons. The van der Waals surface area contributed by atoms with Crippen molar-refractivity contribution in [2.75, 3.05) is 6.54 Å². The molecule has 0 N–H and O–H groups in total. The summed E-state index contributed by atoms with van der Waals surface area (Å²) in [5.74, 6) is 0.713. The SMILES string of the molecule is Cc1ccc(-c2nc(CN3CCC[C@H]3c3cnn(C)c3)co2)c(C)c1. The van der Waals surface area contributed by atoms with Gasteiger partial charge in [-0.3, -0.25) is 9.58 Å². The van der Waals surface area contributed by atoms with Gasteiger partial charge in [0.1, 0.15) is 6.26 Å². The summed E-state index contributed by atoms with van der Waals surface area (Å²) in [6.07, 6.45) is 8.28. The first-order chi connectivity index (χ1) is 12.1. The van der Waals surface area contributed by atoms with Crippen LogP contribution in [0.25, 0.3) is 11.5 Å². The van der Waals surface area contributed by atoms with E-state index in [1.54, 1.807) is 6.26 Å². The minimum atomic E-state index is 0.426. The van der Waals surface area contributed by atoms with Gasteiger partial charge in [-0.2, -0.15) is 5.10 Å². The van der Waals surface area contributed by atoms with Crippen LogP contribution < -0.4 is 0 Å². The van der Waals surface area contributed by atoms with E-state index >= 15 is 0 Å². The van der Waals surface area contributed by atoms with Gasteiger partial charge in [0.15, 0.2) is 0 Å². The van der Waals surface area contributed by atoms with E-state index in [1.807, 2.05) is 17.9 Å². The molecule has 1 aromatic carbocycles. The average molecular weight is 336 g/mol. The maximum absolute atomic E-state index is 5.77. The van der Waals surface area contributed by atoms with Crippen molar-refractivity contribution in [2.24, 2.45) is 7.05 Å². The average Bonchev–Trinajstić information content (AvgIpc) is 3.29. The van der Waals surface area contributed by atoms with Crippen LogP contribution in [-0.4, -0.2) is 26.2 Å². The maximum Gasteiger partial charge on any atom is 0.226 e. The highest BCUT2D eigenvalue weighted by Crippen LogP contribution is 2.33. The normalized spacial score (nSPS) is 18.1. The molecule has 0 aliphatic carbocycles. The molecule has 2 aromatic heterocycles. The van der Waals surface area contributed by atoms with Gasteiger partial charge < -0.3 is 4.42 Å². The van der Waals surface area contributed by atoms with E-state index in [9.17, 15) is 0 Å². The number of aromatic nitrogens is 3. The predicted molar refractivity (Wildman–Crippen MR) is 97.0 cm³/mol. The third-order valence-corrected chi connectivity index (χ3v) is 5.00. The Labute approximate surface area is 148 Å². The highest BCUT2D eigenvalue weighted by molar-refractivity contribution is 5.59. The zero-order valence-corrected chi connectivity index (χ0v) is 15.1. The summed E-state index contributed by atoms with van der Waals surface area (Å²) in [6, 6.07) is 6.78. The number of aryl methyl sites for hydroxylation is 3. The molecule has 3 heterocycles. The van der Waals surface area contributed by atoms with Gasteiger partial charge in [0.05, 0.1) is 11.9 Å². The van der Waals surface area contributed by atoms with Crippen molar-refractivity contribution in [3.8, 4) is 11.5 Å². The maximum atomic E-state index is 5.77. The second-order valence-electron chi connectivity index (χ2n) is 7.04. The van der Waals surface area contributed by atoms with Crippen LogP contribution in [0.4, 0.5) is 0 Å². The van der Waals surface area contributed by atoms with Crippen LogP contribution in [0.1, 0.15) is 41.3 Å². The number of benzene rings is 1. The van der Waals surface area contributed by atoms with Gasteiger partial charge in [-0.25, -0.2) is 4.98 Å². The van der Waals surface area contributed by atoms with E-state index < -0.39 is 0 Å². The Kier molecular flexibility index (Phi) is 4.17. The van der Waals surface area contributed by atoms with E-state index in [-0.39, 0.29) is 0 Å². The lowest BCUT2D eigenvalue weighted by Gasteiger charge is -2.22. The smallest absolute Gasteiger partial charge is 0.226 e. The molecular weight excluding hydrogens is 312 g/mol. The number of oxazole rings is 1.